The van der Waals surface area contributed by atoms with E-state index in [4.69, 9.17) is 11.6 Å². The Labute approximate surface area is 141 Å². The smallest absolute Gasteiger partial charge is 0.224 e. The summed E-state index contributed by atoms with van der Waals surface area (Å²) >= 11 is 7.74. The van der Waals surface area contributed by atoms with Gasteiger partial charge in [0.15, 0.2) is 0 Å². The van der Waals surface area contributed by atoms with Crippen molar-refractivity contribution in [1.82, 2.24) is 5.32 Å². The minimum absolute atomic E-state index is 0.0761. The van der Waals surface area contributed by atoms with Gasteiger partial charge in [0.25, 0.3) is 0 Å². The highest BCUT2D eigenvalue weighted by molar-refractivity contribution is 7.98. The minimum Gasteiger partial charge on any atom is -0.355 e. The SMILES string of the molecule is Cc1ccc(CC(=O)NCCSCc2cccc(Cl)c2)cc1. The Balaban J connectivity index is 1.62. The van der Waals surface area contributed by atoms with E-state index in [1.165, 1.54) is 11.1 Å². The lowest BCUT2D eigenvalue weighted by molar-refractivity contribution is -0.120. The van der Waals surface area contributed by atoms with E-state index in [9.17, 15) is 4.79 Å². The Morgan fingerprint density at radius 2 is 1.91 bits per heavy atom. The first-order chi connectivity index (χ1) is 10.6. The predicted molar refractivity (Wildman–Crippen MR) is 95.5 cm³/mol. The van der Waals surface area contributed by atoms with E-state index < -0.39 is 0 Å². The van der Waals surface area contributed by atoms with Crippen molar-refractivity contribution >= 4 is 29.3 Å². The number of amides is 1. The van der Waals surface area contributed by atoms with Crippen molar-refractivity contribution in [2.75, 3.05) is 12.3 Å². The van der Waals surface area contributed by atoms with Crippen molar-refractivity contribution in [3.05, 3.63) is 70.2 Å². The van der Waals surface area contributed by atoms with Gasteiger partial charge in [-0.05, 0) is 30.2 Å². The monoisotopic (exact) mass is 333 g/mol. The number of hydrogen-bond acceptors (Lipinski definition) is 2. The molecule has 0 spiro atoms. The van der Waals surface area contributed by atoms with Gasteiger partial charge >= 0.3 is 0 Å². The molecule has 0 aliphatic heterocycles. The normalized spacial score (nSPS) is 10.5. The molecule has 0 unspecified atom stereocenters. The highest BCUT2D eigenvalue weighted by atomic mass is 35.5. The van der Waals surface area contributed by atoms with Gasteiger partial charge in [-0.25, -0.2) is 0 Å². The summed E-state index contributed by atoms with van der Waals surface area (Å²) in [7, 11) is 0. The molecule has 0 bridgehead atoms. The molecule has 0 saturated carbocycles. The molecule has 2 nitrogen and oxygen atoms in total. The summed E-state index contributed by atoms with van der Waals surface area (Å²) in [5, 5.41) is 3.73. The fourth-order valence-electron chi connectivity index (χ4n) is 2.03. The maximum atomic E-state index is 11.8. The van der Waals surface area contributed by atoms with E-state index >= 15 is 0 Å². The van der Waals surface area contributed by atoms with Gasteiger partial charge in [0.1, 0.15) is 0 Å². The van der Waals surface area contributed by atoms with E-state index in [0.29, 0.717) is 13.0 Å². The zero-order chi connectivity index (χ0) is 15.8. The fourth-order valence-corrected chi connectivity index (χ4v) is 3.05. The highest BCUT2D eigenvalue weighted by Gasteiger charge is 2.02. The molecule has 4 heteroatoms. The number of halogens is 1. The van der Waals surface area contributed by atoms with Crippen LogP contribution in [0, 0.1) is 6.92 Å². The van der Waals surface area contributed by atoms with Crippen molar-refractivity contribution in [1.29, 1.82) is 0 Å². The molecule has 0 atom stereocenters. The van der Waals surface area contributed by atoms with Crippen molar-refractivity contribution in [3.63, 3.8) is 0 Å². The zero-order valence-corrected chi connectivity index (χ0v) is 14.2. The Morgan fingerprint density at radius 3 is 2.64 bits per heavy atom. The Hall–Kier alpha value is -1.45. The Bertz CT molecular complexity index is 613. The van der Waals surface area contributed by atoms with Gasteiger partial charge in [-0.1, -0.05) is 53.6 Å². The van der Waals surface area contributed by atoms with Gasteiger partial charge < -0.3 is 5.32 Å². The number of nitrogens with one attached hydrogen (secondary N) is 1. The molecule has 0 heterocycles. The molecular formula is C18H20ClNOS. The van der Waals surface area contributed by atoms with Crippen LogP contribution in [0.5, 0.6) is 0 Å². The summed E-state index contributed by atoms with van der Waals surface area (Å²) in [5.74, 6) is 1.88. The molecule has 0 aromatic heterocycles. The van der Waals surface area contributed by atoms with Crippen LogP contribution in [0.15, 0.2) is 48.5 Å². The van der Waals surface area contributed by atoms with Crippen molar-refractivity contribution in [2.45, 2.75) is 19.1 Å². The van der Waals surface area contributed by atoms with Crippen LogP contribution < -0.4 is 5.32 Å². The van der Waals surface area contributed by atoms with Crippen molar-refractivity contribution in [3.8, 4) is 0 Å². The molecule has 1 N–H and O–H groups in total. The van der Waals surface area contributed by atoms with Crippen LogP contribution in [-0.4, -0.2) is 18.2 Å². The van der Waals surface area contributed by atoms with Crippen molar-refractivity contribution < 1.29 is 4.79 Å². The summed E-state index contributed by atoms with van der Waals surface area (Å²) in [6.45, 7) is 2.73. The molecule has 0 radical (unpaired) electrons. The van der Waals surface area contributed by atoms with Gasteiger partial charge in [0, 0.05) is 23.1 Å². The lowest BCUT2D eigenvalue weighted by atomic mass is 10.1. The maximum Gasteiger partial charge on any atom is 0.224 e. The van der Waals surface area contributed by atoms with E-state index in [1.54, 1.807) is 11.8 Å². The average molecular weight is 334 g/mol. The van der Waals surface area contributed by atoms with Gasteiger partial charge in [-0.15, -0.1) is 0 Å². The fraction of sp³-hybridized carbons (Fsp3) is 0.278. The van der Waals surface area contributed by atoms with Crippen LogP contribution in [0.3, 0.4) is 0 Å². The molecule has 0 aliphatic carbocycles. The lowest BCUT2D eigenvalue weighted by Crippen LogP contribution is -2.27. The van der Waals surface area contributed by atoms with Gasteiger partial charge in [0.2, 0.25) is 5.91 Å². The summed E-state index contributed by atoms with van der Waals surface area (Å²) in [5.41, 5.74) is 3.47. The molecule has 0 aliphatic rings. The van der Waals surface area contributed by atoms with Crippen LogP contribution in [0.4, 0.5) is 0 Å². The minimum atomic E-state index is 0.0761. The van der Waals surface area contributed by atoms with Crippen LogP contribution in [0.2, 0.25) is 5.02 Å². The van der Waals surface area contributed by atoms with Crippen LogP contribution >= 0.6 is 23.4 Å². The second-order valence-electron chi connectivity index (χ2n) is 5.19. The second kappa shape index (κ2) is 8.86. The first-order valence-corrected chi connectivity index (χ1v) is 8.81. The topological polar surface area (TPSA) is 29.1 Å². The first kappa shape index (κ1) is 16.9. The van der Waals surface area contributed by atoms with Crippen LogP contribution in [-0.2, 0) is 17.0 Å². The van der Waals surface area contributed by atoms with Gasteiger partial charge in [0.05, 0.1) is 6.42 Å². The maximum absolute atomic E-state index is 11.8. The Morgan fingerprint density at radius 1 is 1.14 bits per heavy atom. The van der Waals surface area contributed by atoms with E-state index in [0.717, 1.165) is 22.1 Å². The number of benzene rings is 2. The summed E-state index contributed by atoms with van der Waals surface area (Å²) in [4.78, 5) is 11.8. The molecule has 0 fully saturated rings. The zero-order valence-electron chi connectivity index (χ0n) is 12.6. The third-order valence-electron chi connectivity index (χ3n) is 3.21. The average Bonchev–Trinajstić information content (AvgIpc) is 2.49. The molecule has 0 saturated heterocycles. The van der Waals surface area contributed by atoms with Crippen LogP contribution in [0.1, 0.15) is 16.7 Å². The number of carbonyl (C=O) groups is 1. The van der Waals surface area contributed by atoms with Gasteiger partial charge in [-0.3, -0.25) is 4.79 Å². The number of aryl methyl sites for hydroxylation is 1. The molecule has 22 heavy (non-hydrogen) atoms. The largest absolute Gasteiger partial charge is 0.355 e. The second-order valence-corrected chi connectivity index (χ2v) is 6.74. The van der Waals surface area contributed by atoms with Crippen molar-refractivity contribution in [2.24, 2.45) is 0 Å². The molecule has 2 rings (SSSR count). The third kappa shape index (κ3) is 6.12. The molecular weight excluding hydrogens is 314 g/mol. The predicted octanol–water partition coefficient (Wildman–Crippen LogP) is 4.24. The van der Waals surface area contributed by atoms with E-state index in [1.807, 2.05) is 49.4 Å². The lowest BCUT2D eigenvalue weighted by Gasteiger charge is -2.06. The van der Waals surface area contributed by atoms with E-state index in [-0.39, 0.29) is 5.91 Å². The number of rotatable bonds is 7. The summed E-state index contributed by atoms with van der Waals surface area (Å²) < 4.78 is 0. The number of carbonyl (C=O) groups excluding carboxylic acids is 1. The third-order valence-corrected chi connectivity index (χ3v) is 4.48. The molecule has 2 aromatic rings. The van der Waals surface area contributed by atoms with E-state index in [2.05, 4.69) is 11.4 Å². The summed E-state index contributed by atoms with van der Waals surface area (Å²) in [6.07, 6.45) is 0.444. The first-order valence-electron chi connectivity index (χ1n) is 7.28. The van der Waals surface area contributed by atoms with Gasteiger partial charge in [-0.2, -0.15) is 11.8 Å². The molecule has 2 aromatic carbocycles. The Kier molecular flexibility index (Phi) is 6.81. The summed E-state index contributed by atoms with van der Waals surface area (Å²) in [6, 6.07) is 15.9. The van der Waals surface area contributed by atoms with Crippen LogP contribution in [0.25, 0.3) is 0 Å². The molecule has 116 valence electrons. The quantitative estimate of drug-likeness (QED) is 0.768. The molecule has 1 amide bonds. The standard InChI is InChI=1S/C18H20ClNOS/c1-14-5-7-15(8-6-14)12-18(21)20-9-10-22-13-16-3-2-4-17(19)11-16/h2-8,11H,9-10,12-13H2,1H3,(H,20,21). The number of thioether (sulfide) groups is 1. The highest BCUT2D eigenvalue weighted by Crippen LogP contribution is 2.16. The number of hydrogen-bond donors (Lipinski definition) is 1.